The number of nitrogens with one attached hydrogen (secondary N) is 1. The Balaban J connectivity index is 2.59. The maximum Gasteiger partial charge on any atom is 0.328 e. The molecule has 2 N–H and O–H groups in total. The number of rotatable bonds is 9. The molecule has 1 aromatic rings. The van der Waals surface area contributed by atoms with Gasteiger partial charge in [-0.25, -0.2) is 4.79 Å². The SMILES string of the molecule is C=CCOCC(NC(=O)C(C)Cc1ccccc1Cl)C(=O)O. The zero-order valence-corrected chi connectivity index (χ0v) is 13.2. The fourth-order valence-electron chi connectivity index (χ4n) is 1.84. The van der Waals surface area contributed by atoms with E-state index in [0.717, 1.165) is 5.56 Å². The van der Waals surface area contributed by atoms with Crippen molar-refractivity contribution in [3.8, 4) is 0 Å². The standard InChI is InChI=1S/C16H20ClNO4/c1-3-8-22-10-14(16(20)21)18-15(19)11(2)9-12-6-4-5-7-13(12)17/h3-7,11,14H,1,8-10H2,2H3,(H,18,19)(H,20,21). The lowest BCUT2D eigenvalue weighted by Crippen LogP contribution is -2.46. The van der Waals surface area contributed by atoms with E-state index in [0.29, 0.717) is 11.4 Å². The number of carboxylic acid groups (broad SMARTS) is 1. The van der Waals surface area contributed by atoms with Crippen molar-refractivity contribution in [2.45, 2.75) is 19.4 Å². The summed E-state index contributed by atoms with van der Waals surface area (Å²) in [7, 11) is 0. The average molecular weight is 326 g/mol. The summed E-state index contributed by atoms with van der Waals surface area (Å²) in [5.41, 5.74) is 0.849. The highest BCUT2D eigenvalue weighted by Gasteiger charge is 2.23. The normalized spacial score (nSPS) is 13.2. The summed E-state index contributed by atoms with van der Waals surface area (Å²) in [5, 5.41) is 12.2. The van der Waals surface area contributed by atoms with Crippen LogP contribution in [0, 0.1) is 5.92 Å². The predicted octanol–water partition coefficient (Wildman–Crippen LogP) is 2.29. The maximum absolute atomic E-state index is 12.1. The molecule has 2 unspecified atom stereocenters. The van der Waals surface area contributed by atoms with E-state index in [9.17, 15) is 9.59 Å². The summed E-state index contributed by atoms with van der Waals surface area (Å²) in [6, 6.07) is 6.17. The van der Waals surface area contributed by atoms with Gasteiger partial charge in [-0.3, -0.25) is 4.79 Å². The fraction of sp³-hybridized carbons (Fsp3) is 0.375. The van der Waals surface area contributed by atoms with Crippen molar-refractivity contribution in [1.29, 1.82) is 0 Å². The number of aliphatic carboxylic acids is 1. The fourth-order valence-corrected chi connectivity index (χ4v) is 2.06. The molecule has 0 saturated carbocycles. The third-order valence-electron chi connectivity index (χ3n) is 3.07. The first kappa shape index (κ1) is 18.2. The number of carbonyl (C=O) groups is 2. The van der Waals surface area contributed by atoms with Crippen LogP contribution in [0.5, 0.6) is 0 Å². The molecule has 0 bridgehead atoms. The monoisotopic (exact) mass is 325 g/mol. The van der Waals surface area contributed by atoms with Gasteiger partial charge in [-0.2, -0.15) is 0 Å². The molecule has 1 aromatic carbocycles. The predicted molar refractivity (Wildman–Crippen MR) is 84.9 cm³/mol. The van der Waals surface area contributed by atoms with Crippen molar-refractivity contribution < 1.29 is 19.4 Å². The smallest absolute Gasteiger partial charge is 0.328 e. The molecule has 0 radical (unpaired) electrons. The second-order valence-corrected chi connectivity index (χ2v) is 5.33. The van der Waals surface area contributed by atoms with Crippen molar-refractivity contribution in [1.82, 2.24) is 5.32 Å². The number of benzene rings is 1. The average Bonchev–Trinajstić information content (AvgIpc) is 2.48. The van der Waals surface area contributed by atoms with E-state index in [1.165, 1.54) is 6.08 Å². The first-order chi connectivity index (χ1) is 10.5. The minimum Gasteiger partial charge on any atom is -0.480 e. The number of hydrogen-bond acceptors (Lipinski definition) is 3. The molecular weight excluding hydrogens is 306 g/mol. The van der Waals surface area contributed by atoms with E-state index in [2.05, 4.69) is 11.9 Å². The van der Waals surface area contributed by atoms with Crippen LogP contribution < -0.4 is 5.32 Å². The third kappa shape index (κ3) is 5.87. The van der Waals surface area contributed by atoms with Crippen LogP contribution in [-0.4, -0.2) is 36.2 Å². The van der Waals surface area contributed by atoms with Gasteiger partial charge in [-0.1, -0.05) is 42.8 Å². The number of amides is 1. The number of hydrogen-bond donors (Lipinski definition) is 2. The first-order valence-electron chi connectivity index (χ1n) is 6.91. The number of carbonyl (C=O) groups excluding carboxylic acids is 1. The highest BCUT2D eigenvalue weighted by atomic mass is 35.5. The Morgan fingerprint density at radius 2 is 2.14 bits per heavy atom. The van der Waals surface area contributed by atoms with Crippen LogP contribution in [0.3, 0.4) is 0 Å². The summed E-state index contributed by atoms with van der Waals surface area (Å²) in [5.74, 6) is -1.89. The van der Waals surface area contributed by atoms with E-state index in [1.54, 1.807) is 13.0 Å². The van der Waals surface area contributed by atoms with Crippen LogP contribution >= 0.6 is 11.6 Å². The Kier molecular flexibility index (Phi) is 7.63. The summed E-state index contributed by atoms with van der Waals surface area (Å²) in [6.45, 7) is 5.32. The van der Waals surface area contributed by atoms with Gasteiger partial charge in [0.25, 0.3) is 0 Å². The molecule has 6 heteroatoms. The summed E-state index contributed by atoms with van der Waals surface area (Å²) >= 11 is 6.06. The Hall–Kier alpha value is -1.85. The van der Waals surface area contributed by atoms with Crippen LogP contribution in [-0.2, 0) is 20.7 Å². The molecular formula is C16H20ClNO4. The first-order valence-corrected chi connectivity index (χ1v) is 7.28. The minimum absolute atomic E-state index is 0.105. The number of halogens is 1. The largest absolute Gasteiger partial charge is 0.480 e. The van der Waals surface area contributed by atoms with Crippen molar-refractivity contribution >= 4 is 23.5 Å². The zero-order chi connectivity index (χ0) is 16.5. The van der Waals surface area contributed by atoms with Crippen molar-refractivity contribution in [2.24, 2.45) is 5.92 Å². The lowest BCUT2D eigenvalue weighted by Gasteiger charge is -2.18. The molecule has 0 aliphatic heterocycles. The van der Waals surface area contributed by atoms with E-state index in [4.69, 9.17) is 21.4 Å². The Morgan fingerprint density at radius 1 is 1.45 bits per heavy atom. The van der Waals surface area contributed by atoms with Gasteiger partial charge in [0.15, 0.2) is 6.04 Å². The van der Waals surface area contributed by atoms with Gasteiger partial charge < -0.3 is 15.2 Å². The van der Waals surface area contributed by atoms with E-state index < -0.39 is 17.9 Å². The third-order valence-corrected chi connectivity index (χ3v) is 3.44. The van der Waals surface area contributed by atoms with E-state index >= 15 is 0 Å². The van der Waals surface area contributed by atoms with Crippen LogP contribution in [0.4, 0.5) is 0 Å². The molecule has 0 fully saturated rings. The van der Waals surface area contributed by atoms with Gasteiger partial charge in [0.1, 0.15) is 0 Å². The van der Waals surface area contributed by atoms with E-state index in [1.807, 2.05) is 18.2 Å². The summed E-state index contributed by atoms with van der Waals surface area (Å²) in [6.07, 6.45) is 1.95. The highest BCUT2D eigenvalue weighted by Crippen LogP contribution is 2.18. The molecule has 5 nitrogen and oxygen atoms in total. The summed E-state index contributed by atoms with van der Waals surface area (Å²) in [4.78, 5) is 23.2. The van der Waals surface area contributed by atoms with Gasteiger partial charge in [-0.05, 0) is 18.1 Å². The van der Waals surface area contributed by atoms with Gasteiger partial charge in [-0.15, -0.1) is 6.58 Å². The Morgan fingerprint density at radius 3 is 2.73 bits per heavy atom. The number of carboxylic acids is 1. The lowest BCUT2D eigenvalue weighted by atomic mass is 10.00. The van der Waals surface area contributed by atoms with Gasteiger partial charge in [0, 0.05) is 10.9 Å². The highest BCUT2D eigenvalue weighted by molar-refractivity contribution is 6.31. The Bertz CT molecular complexity index is 533. The molecule has 1 rings (SSSR count). The van der Waals surface area contributed by atoms with Crippen LogP contribution in [0.25, 0.3) is 0 Å². The van der Waals surface area contributed by atoms with Crippen molar-refractivity contribution in [3.05, 3.63) is 47.5 Å². The molecule has 22 heavy (non-hydrogen) atoms. The van der Waals surface area contributed by atoms with E-state index in [-0.39, 0.29) is 19.1 Å². The molecule has 120 valence electrons. The van der Waals surface area contributed by atoms with Gasteiger partial charge in [0.2, 0.25) is 5.91 Å². The van der Waals surface area contributed by atoms with Crippen molar-refractivity contribution in [3.63, 3.8) is 0 Å². The maximum atomic E-state index is 12.1. The molecule has 0 heterocycles. The zero-order valence-electron chi connectivity index (χ0n) is 12.4. The molecule has 0 aromatic heterocycles. The topological polar surface area (TPSA) is 75.6 Å². The van der Waals surface area contributed by atoms with Gasteiger partial charge in [0.05, 0.1) is 13.2 Å². The molecule has 2 atom stereocenters. The molecule has 1 amide bonds. The van der Waals surface area contributed by atoms with Crippen LogP contribution in [0.2, 0.25) is 5.02 Å². The molecule has 0 spiro atoms. The van der Waals surface area contributed by atoms with Gasteiger partial charge >= 0.3 is 5.97 Å². The molecule has 0 saturated heterocycles. The quantitative estimate of drug-likeness (QED) is 0.539. The lowest BCUT2D eigenvalue weighted by molar-refractivity contribution is -0.144. The molecule has 0 aliphatic carbocycles. The number of ether oxygens (including phenoxy) is 1. The van der Waals surface area contributed by atoms with Crippen LogP contribution in [0.1, 0.15) is 12.5 Å². The minimum atomic E-state index is -1.14. The van der Waals surface area contributed by atoms with Crippen LogP contribution in [0.15, 0.2) is 36.9 Å². The molecule has 0 aliphatic rings. The van der Waals surface area contributed by atoms with Crippen molar-refractivity contribution in [2.75, 3.05) is 13.2 Å². The second kappa shape index (κ2) is 9.23. The Labute approximate surface area is 134 Å². The summed E-state index contributed by atoms with van der Waals surface area (Å²) < 4.78 is 5.09. The second-order valence-electron chi connectivity index (χ2n) is 4.92.